The van der Waals surface area contributed by atoms with Gasteiger partial charge in [-0.15, -0.1) is 0 Å². The van der Waals surface area contributed by atoms with Crippen molar-refractivity contribution >= 4 is 28.5 Å². The van der Waals surface area contributed by atoms with Gasteiger partial charge in [0.05, 0.1) is 5.52 Å². The van der Waals surface area contributed by atoms with Crippen LogP contribution in [0.4, 0.5) is 5.69 Å². The van der Waals surface area contributed by atoms with E-state index in [4.69, 9.17) is 4.42 Å². The van der Waals surface area contributed by atoms with E-state index in [1.165, 1.54) is 0 Å². The predicted molar refractivity (Wildman–Crippen MR) is 106 cm³/mol. The van der Waals surface area contributed by atoms with Gasteiger partial charge in [-0.2, -0.15) is 0 Å². The second kappa shape index (κ2) is 7.72. The fourth-order valence-electron chi connectivity index (χ4n) is 3.49. The molecule has 0 atom stereocenters. The summed E-state index contributed by atoms with van der Waals surface area (Å²) in [4.78, 5) is 42.7. The number of aromatic nitrogens is 1. The van der Waals surface area contributed by atoms with Crippen molar-refractivity contribution in [2.75, 3.05) is 31.1 Å². The molecule has 1 N–H and O–H groups in total. The molecular formula is C21H21N3O4. The maximum absolute atomic E-state index is 12.5. The van der Waals surface area contributed by atoms with Crippen LogP contribution in [0.3, 0.4) is 0 Å². The summed E-state index contributed by atoms with van der Waals surface area (Å²) in [5.41, 5.74) is 2.50. The van der Waals surface area contributed by atoms with Gasteiger partial charge in [-0.3, -0.25) is 14.6 Å². The number of Topliss-reactive ketones (excluding diaryl/α,β-unsaturated/α-hetero) is 1. The van der Waals surface area contributed by atoms with Crippen molar-refractivity contribution in [3.63, 3.8) is 0 Å². The molecular weight excluding hydrogens is 358 g/mol. The van der Waals surface area contributed by atoms with Gasteiger partial charge < -0.3 is 14.2 Å². The zero-order valence-corrected chi connectivity index (χ0v) is 15.4. The molecule has 7 heteroatoms. The normalized spacial score (nSPS) is 14.4. The second-order valence-electron chi connectivity index (χ2n) is 6.85. The molecule has 1 amide bonds. The fraction of sp³-hybridized carbons (Fsp3) is 0.286. The van der Waals surface area contributed by atoms with Gasteiger partial charge in [0.1, 0.15) is 0 Å². The minimum Gasteiger partial charge on any atom is -0.408 e. The maximum atomic E-state index is 12.5. The molecule has 144 valence electrons. The summed E-state index contributed by atoms with van der Waals surface area (Å²) in [5.74, 6) is -0.693. The Hall–Kier alpha value is -3.35. The fourth-order valence-corrected chi connectivity index (χ4v) is 3.49. The first-order valence-electron chi connectivity index (χ1n) is 9.34. The van der Waals surface area contributed by atoms with E-state index in [-0.39, 0.29) is 24.5 Å². The Morgan fingerprint density at radius 2 is 1.71 bits per heavy atom. The molecule has 0 spiro atoms. The van der Waals surface area contributed by atoms with Gasteiger partial charge in [-0.25, -0.2) is 4.79 Å². The third-order valence-corrected chi connectivity index (χ3v) is 5.06. The van der Waals surface area contributed by atoms with E-state index >= 15 is 0 Å². The first-order valence-corrected chi connectivity index (χ1v) is 9.34. The number of para-hydroxylation sites is 1. The highest BCUT2D eigenvalue weighted by atomic mass is 16.4. The van der Waals surface area contributed by atoms with Crippen molar-refractivity contribution in [1.29, 1.82) is 0 Å². The molecule has 28 heavy (non-hydrogen) atoms. The van der Waals surface area contributed by atoms with E-state index in [1.54, 1.807) is 18.2 Å². The molecule has 0 aliphatic carbocycles. The first kappa shape index (κ1) is 18.0. The van der Waals surface area contributed by atoms with Crippen LogP contribution >= 0.6 is 0 Å². The topological polar surface area (TPSA) is 86.6 Å². The van der Waals surface area contributed by atoms with Gasteiger partial charge in [0.15, 0.2) is 11.4 Å². The highest BCUT2D eigenvalue weighted by molar-refractivity contribution is 6.00. The molecule has 7 nitrogen and oxygen atoms in total. The van der Waals surface area contributed by atoms with Gasteiger partial charge in [-0.1, -0.05) is 18.2 Å². The Labute approximate surface area is 161 Å². The molecule has 0 saturated carbocycles. The van der Waals surface area contributed by atoms with Crippen molar-refractivity contribution in [3.8, 4) is 0 Å². The van der Waals surface area contributed by atoms with Crippen LogP contribution in [0.2, 0.25) is 0 Å². The lowest BCUT2D eigenvalue weighted by Crippen LogP contribution is -2.48. The monoisotopic (exact) mass is 379 g/mol. The van der Waals surface area contributed by atoms with E-state index in [1.807, 2.05) is 23.1 Å². The quantitative estimate of drug-likeness (QED) is 0.688. The van der Waals surface area contributed by atoms with Crippen molar-refractivity contribution in [2.45, 2.75) is 12.8 Å². The minimum atomic E-state index is -0.551. The number of H-pyrrole nitrogens is 1. The number of carbonyl (C=O) groups excluding carboxylic acids is 2. The number of ketones is 1. The zero-order chi connectivity index (χ0) is 19.5. The van der Waals surface area contributed by atoms with Crippen LogP contribution in [0.5, 0.6) is 0 Å². The Morgan fingerprint density at radius 3 is 2.46 bits per heavy atom. The summed E-state index contributed by atoms with van der Waals surface area (Å²) in [7, 11) is 0. The number of rotatable bonds is 5. The number of nitrogens with one attached hydrogen (secondary N) is 1. The van der Waals surface area contributed by atoms with Crippen molar-refractivity contribution < 1.29 is 14.0 Å². The van der Waals surface area contributed by atoms with Crippen LogP contribution in [0.25, 0.3) is 11.1 Å². The molecule has 2 heterocycles. The van der Waals surface area contributed by atoms with E-state index in [0.717, 1.165) is 18.8 Å². The van der Waals surface area contributed by atoms with Gasteiger partial charge in [0, 0.05) is 50.3 Å². The lowest BCUT2D eigenvalue weighted by molar-refractivity contribution is -0.131. The molecule has 0 bridgehead atoms. The molecule has 2 aromatic carbocycles. The number of fused-ring (bicyclic) bond motifs is 1. The molecule has 1 saturated heterocycles. The Morgan fingerprint density at radius 1 is 0.964 bits per heavy atom. The summed E-state index contributed by atoms with van der Waals surface area (Å²) < 4.78 is 4.98. The zero-order valence-electron chi connectivity index (χ0n) is 15.4. The number of amides is 1. The molecule has 1 aliphatic rings. The smallest absolute Gasteiger partial charge is 0.408 e. The number of nitrogens with zero attached hydrogens (tertiary/aromatic N) is 2. The molecule has 4 rings (SSSR count). The van der Waals surface area contributed by atoms with Crippen molar-refractivity contribution in [1.82, 2.24) is 9.88 Å². The van der Waals surface area contributed by atoms with Crippen LogP contribution in [0, 0.1) is 0 Å². The maximum Gasteiger partial charge on any atom is 0.417 e. The standard InChI is InChI=1S/C21H21N3O4/c25-18(15-6-7-17-19(14-15)28-21(27)22-17)8-9-20(26)24-12-10-23(11-13-24)16-4-2-1-3-5-16/h1-7,14H,8-13H2,(H,22,27). The molecule has 1 aliphatic heterocycles. The summed E-state index contributed by atoms with van der Waals surface area (Å²) in [6.07, 6.45) is 0.317. The number of oxazole rings is 1. The number of benzene rings is 2. The average molecular weight is 379 g/mol. The largest absolute Gasteiger partial charge is 0.417 e. The number of piperazine rings is 1. The molecule has 0 unspecified atom stereocenters. The van der Waals surface area contributed by atoms with E-state index < -0.39 is 5.76 Å². The summed E-state index contributed by atoms with van der Waals surface area (Å²) >= 11 is 0. The van der Waals surface area contributed by atoms with Crippen LogP contribution in [0.1, 0.15) is 23.2 Å². The average Bonchev–Trinajstić information content (AvgIpc) is 3.11. The number of hydrogen-bond donors (Lipinski definition) is 1. The second-order valence-corrected chi connectivity index (χ2v) is 6.85. The van der Waals surface area contributed by atoms with Crippen LogP contribution in [-0.2, 0) is 4.79 Å². The van der Waals surface area contributed by atoms with Crippen LogP contribution < -0.4 is 10.7 Å². The Bertz CT molecular complexity index is 1050. The Kier molecular flexibility index (Phi) is 4.97. The molecule has 1 fully saturated rings. The molecule has 3 aromatic rings. The van der Waals surface area contributed by atoms with Gasteiger partial charge in [-0.05, 0) is 30.3 Å². The van der Waals surface area contributed by atoms with Gasteiger partial charge in [0.25, 0.3) is 0 Å². The third-order valence-electron chi connectivity index (χ3n) is 5.06. The summed E-state index contributed by atoms with van der Waals surface area (Å²) in [6.45, 7) is 2.88. The number of anilines is 1. The minimum absolute atomic E-state index is 0.00434. The lowest BCUT2D eigenvalue weighted by Gasteiger charge is -2.36. The van der Waals surface area contributed by atoms with Gasteiger partial charge in [0.2, 0.25) is 5.91 Å². The van der Waals surface area contributed by atoms with E-state index in [0.29, 0.717) is 29.8 Å². The Balaban J connectivity index is 1.30. The van der Waals surface area contributed by atoms with Crippen molar-refractivity contribution in [2.24, 2.45) is 0 Å². The number of carbonyl (C=O) groups is 2. The molecule has 1 aromatic heterocycles. The van der Waals surface area contributed by atoms with Gasteiger partial charge >= 0.3 is 5.76 Å². The third kappa shape index (κ3) is 3.83. The lowest BCUT2D eigenvalue weighted by atomic mass is 10.1. The highest BCUT2D eigenvalue weighted by Crippen LogP contribution is 2.17. The SMILES string of the molecule is O=C(CCC(=O)N1CCN(c2ccccc2)CC1)c1ccc2[nH]c(=O)oc2c1. The molecule has 0 radical (unpaired) electrons. The number of aromatic amines is 1. The summed E-state index contributed by atoms with van der Waals surface area (Å²) in [6, 6.07) is 15.0. The number of hydrogen-bond acceptors (Lipinski definition) is 5. The van der Waals surface area contributed by atoms with Crippen LogP contribution in [-0.4, -0.2) is 47.8 Å². The summed E-state index contributed by atoms with van der Waals surface area (Å²) in [5, 5.41) is 0. The first-order chi connectivity index (χ1) is 13.6. The highest BCUT2D eigenvalue weighted by Gasteiger charge is 2.22. The van der Waals surface area contributed by atoms with E-state index in [2.05, 4.69) is 22.0 Å². The van der Waals surface area contributed by atoms with Crippen molar-refractivity contribution in [3.05, 3.63) is 64.6 Å². The van der Waals surface area contributed by atoms with Crippen LogP contribution in [0.15, 0.2) is 57.7 Å². The predicted octanol–water partition coefficient (Wildman–Crippen LogP) is 2.43. The van der Waals surface area contributed by atoms with E-state index in [9.17, 15) is 14.4 Å².